The highest BCUT2D eigenvalue weighted by molar-refractivity contribution is 7.80. The van der Waals surface area contributed by atoms with Gasteiger partial charge in [-0.15, -0.1) is 0 Å². The van der Waals surface area contributed by atoms with Crippen LogP contribution in [0.15, 0.2) is 66.9 Å². The number of thiocarbonyl (C=S) groups is 1. The first-order chi connectivity index (χ1) is 16.8. The van der Waals surface area contributed by atoms with Crippen molar-refractivity contribution in [2.24, 2.45) is 0 Å². The summed E-state index contributed by atoms with van der Waals surface area (Å²) < 4.78 is 2.31. The molecule has 35 heavy (non-hydrogen) atoms. The van der Waals surface area contributed by atoms with Gasteiger partial charge in [-0.3, -0.25) is 4.98 Å². The maximum atomic E-state index is 10.8. The summed E-state index contributed by atoms with van der Waals surface area (Å²) in [6.07, 6.45) is 1.79. The van der Waals surface area contributed by atoms with Gasteiger partial charge in [0, 0.05) is 22.6 Å². The van der Waals surface area contributed by atoms with Crippen LogP contribution in [-0.2, 0) is 0 Å². The summed E-state index contributed by atoms with van der Waals surface area (Å²) in [5.41, 5.74) is 8.40. The first kappa shape index (κ1) is 23.4. The third-order valence-corrected chi connectivity index (χ3v) is 7.30. The van der Waals surface area contributed by atoms with E-state index in [4.69, 9.17) is 23.8 Å². The van der Waals surface area contributed by atoms with Crippen molar-refractivity contribution in [3.63, 3.8) is 0 Å². The molecule has 0 saturated carbocycles. The Labute approximate surface area is 216 Å². The SMILES string of the molecule is Cc1cccc(C)c1-n1c(C)cc(C2C(c3ccccn3)NC(=S)N2c2cc(Cl)ccc2O)c1C. The number of nitrogens with zero attached hydrogens (tertiary/aromatic N) is 3. The Kier molecular flexibility index (Phi) is 6.03. The largest absolute Gasteiger partial charge is 0.506 e. The molecular weight excluding hydrogens is 476 g/mol. The fraction of sp³-hybridized carbons (Fsp3) is 0.214. The fourth-order valence-electron chi connectivity index (χ4n) is 5.21. The molecule has 0 bridgehead atoms. The zero-order chi connectivity index (χ0) is 24.9. The molecule has 1 saturated heterocycles. The minimum Gasteiger partial charge on any atom is -0.506 e. The number of phenolic OH excluding ortho intramolecular Hbond substituents is 1. The summed E-state index contributed by atoms with van der Waals surface area (Å²) in [6, 6.07) is 19.0. The van der Waals surface area contributed by atoms with E-state index < -0.39 is 0 Å². The average molecular weight is 503 g/mol. The molecule has 1 fully saturated rings. The van der Waals surface area contributed by atoms with Crippen LogP contribution >= 0.6 is 23.8 Å². The second-order valence-electron chi connectivity index (χ2n) is 9.03. The second kappa shape index (κ2) is 9.02. The Morgan fingerprint density at radius 2 is 1.71 bits per heavy atom. The number of benzene rings is 2. The van der Waals surface area contributed by atoms with Crippen molar-refractivity contribution >= 4 is 34.6 Å². The van der Waals surface area contributed by atoms with Crippen LogP contribution in [0.2, 0.25) is 5.02 Å². The molecule has 0 amide bonds. The number of para-hydroxylation sites is 1. The Bertz CT molecular complexity index is 1410. The Morgan fingerprint density at radius 1 is 0.971 bits per heavy atom. The molecule has 3 heterocycles. The van der Waals surface area contributed by atoms with Gasteiger partial charge in [-0.25, -0.2) is 0 Å². The molecule has 2 aromatic carbocycles. The molecular formula is C28H27ClN4OS. The van der Waals surface area contributed by atoms with Gasteiger partial charge in [0.25, 0.3) is 0 Å². The number of rotatable bonds is 4. The molecule has 2 unspecified atom stereocenters. The molecule has 0 spiro atoms. The smallest absolute Gasteiger partial charge is 0.174 e. The van der Waals surface area contributed by atoms with Gasteiger partial charge in [-0.1, -0.05) is 35.9 Å². The van der Waals surface area contributed by atoms with E-state index in [1.165, 1.54) is 16.8 Å². The van der Waals surface area contributed by atoms with Crippen molar-refractivity contribution in [1.82, 2.24) is 14.9 Å². The van der Waals surface area contributed by atoms with E-state index in [9.17, 15) is 5.11 Å². The number of hydrogen-bond acceptors (Lipinski definition) is 3. The maximum Gasteiger partial charge on any atom is 0.174 e. The predicted octanol–water partition coefficient (Wildman–Crippen LogP) is 6.64. The molecule has 2 N–H and O–H groups in total. The van der Waals surface area contributed by atoms with E-state index in [1.54, 1.807) is 24.4 Å². The van der Waals surface area contributed by atoms with Crippen molar-refractivity contribution < 1.29 is 5.11 Å². The average Bonchev–Trinajstić information content (AvgIpc) is 3.32. The van der Waals surface area contributed by atoms with E-state index in [0.717, 1.165) is 22.6 Å². The number of anilines is 1. The second-order valence-corrected chi connectivity index (χ2v) is 9.86. The molecule has 1 aliphatic heterocycles. The highest BCUT2D eigenvalue weighted by Gasteiger charge is 2.43. The molecule has 2 aromatic heterocycles. The van der Waals surface area contributed by atoms with Gasteiger partial charge < -0.3 is 19.9 Å². The number of aryl methyl sites for hydroxylation is 3. The lowest BCUT2D eigenvalue weighted by atomic mass is 9.96. The van der Waals surface area contributed by atoms with Gasteiger partial charge in [-0.05, 0) is 93.0 Å². The lowest BCUT2D eigenvalue weighted by Crippen LogP contribution is -2.29. The standard InChI is InChI=1S/C28H27ClN4OS/c1-16-8-7-9-17(2)26(16)32-18(3)14-21(19(32)4)27-25(22-10-5-6-13-30-22)31-28(35)33(27)23-15-20(29)11-12-24(23)34/h5-15,25,27,34H,1-4H3,(H,31,35). The highest BCUT2D eigenvalue weighted by Crippen LogP contribution is 2.46. The number of aromatic hydroxyl groups is 1. The maximum absolute atomic E-state index is 10.8. The van der Waals surface area contributed by atoms with Crippen LogP contribution in [0.4, 0.5) is 5.69 Å². The van der Waals surface area contributed by atoms with E-state index in [0.29, 0.717) is 15.8 Å². The van der Waals surface area contributed by atoms with E-state index >= 15 is 0 Å². The molecule has 7 heteroatoms. The normalized spacial score (nSPS) is 17.6. The number of halogens is 1. The lowest BCUT2D eigenvalue weighted by Gasteiger charge is -2.29. The molecule has 178 valence electrons. The molecule has 4 aromatic rings. The summed E-state index contributed by atoms with van der Waals surface area (Å²) in [4.78, 5) is 6.61. The van der Waals surface area contributed by atoms with E-state index in [1.807, 2.05) is 23.1 Å². The first-order valence-electron chi connectivity index (χ1n) is 11.5. The summed E-state index contributed by atoms with van der Waals surface area (Å²) in [6.45, 7) is 8.54. The lowest BCUT2D eigenvalue weighted by molar-refractivity contribution is 0.472. The van der Waals surface area contributed by atoms with Crippen molar-refractivity contribution in [3.8, 4) is 11.4 Å². The number of aromatic nitrogens is 2. The van der Waals surface area contributed by atoms with Crippen LogP contribution in [0.3, 0.4) is 0 Å². The van der Waals surface area contributed by atoms with Crippen molar-refractivity contribution in [2.45, 2.75) is 39.8 Å². The quantitative estimate of drug-likeness (QED) is 0.306. The highest BCUT2D eigenvalue weighted by atomic mass is 35.5. The molecule has 0 radical (unpaired) electrons. The van der Waals surface area contributed by atoms with Crippen LogP contribution in [-0.4, -0.2) is 19.8 Å². The van der Waals surface area contributed by atoms with Crippen LogP contribution in [0.5, 0.6) is 5.75 Å². The third kappa shape index (κ3) is 3.97. The summed E-state index contributed by atoms with van der Waals surface area (Å²) >= 11 is 12.2. The summed E-state index contributed by atoms with van der Waals surface area (Å²) in [5.74, 6) is 0.119. The third-order valence-electron chi connectivity index (χ3n) is 6.75. The van der Waals surface area contributed by atoms with E-state index in [2.05, 4.69) is 66.8 Å². The Morgan fingerprint density at radius 3 is 2.40 bits per heavy atom. The van der Waals surface area contributed by atoms with Crippen LogP contribution in [0.1, 0.15) is 45.9 Å². The van der Waals surface area contributed by atoms with Crippen LogP contribution in [0.25, 0.3) is 5.69 Å². The predicted molar refractivity (Wildman–Crippen MR) is 146 cm³/mol. The van der Waals surface area contributed by atoms with Crippen molar-refractivity contribution in [2.75, 3.05) is 4.90 Å². The van der Waals surface area contributed by atoms with Crippen LogP contribution in [0, 0.1) is 27.7 Å². The number of phenols is 1. The number of nitrogens with one attached hydrogen (secondary N) is 1. The Hall–Kier alpha value is -3.35. The first-order valence-corrected chi connectivity index (χ1v) is 12.3. The summed E-state index contributed by atoms with van der Waals surface area (Å²) in [5, 5.41) is 15.3. The molecule has 1 aliphatic rings. The van der Waals surface area contributed by atoms with Crippen molar-refractivity contribution in [1.29, 1.82) is 0 Å². The minimum atomic E-state index is -0.244. The summed E-state index contributed by atoms with van der Waals surface area (Å²) in [7, 11) is 0. The molecule has 5 nitrogen and oxygen atoms in total. The van der Waals surface area contributed by atoms with Gasteiger partial charge in [0.1, 0.15) is 5.75 Å². The fourth-order valence-corrected chi connectivity index (χ4v) is 5.71. The van der Waals surface area contributed by atoms with Crippen LogP contribution < -0.4 is 10.2 Å². The molecule has 5 rings (SSSR count). The van der Waals surface area contributed by atoms with Gasteiger partial charge in [0.05, 0.1) is 29.2 Å². The van der Waals surface area contributed by atoms with Gasteiger partial charge in [0.15, 0.2) is 5.11 Å². The van der Waals surface area contributed by atoms with Gasteiger partial charge in [-0.2, -0.15) is 0 Å². The van der Waals surface area contributed by atoms with E-state index in [-0.39, 0.29) is 17.8 Å². The zero-order valence-electron chi connectivity index (χ0n) is 20.1. The van der Waals surface area contributed by atoms with Gasteiger partial charge in [0.2, 0.25) is 0 Å². The minimum absolute atomic E-state index is 0.119. The van der Waals surface area contributed by atoms with Gasteiger partial charge >= 0.3 is 0 Å². The number of hydrogen-bond donors (Lipinski definition) is 2. The Balaban J connectivity index is 1.74. The zero-order valence-corrected chi connectivity index (χ0v) is 21.7. The van der Waals surface area contributed by atoms with Crippen molar-refractivity contribution in [3.05, 3.63) is 106 Å². The molecule has 2 atom stereocenters. The molecule has 0 aliphatic carbocycles. The number of pyridine rings is 1. The topological polar surface area (TPSA) is 53.3 Å². The monoisotopic (exact) mass is 502 g/mol.